The molecule has 0 aliphatic carbocycles. The third-order valence-electron chi connectivity index (χ3n) is 4.71. The number of carbonyl (C=O) groups excluding carboxylic acids is 1. The van der Waals surface area contributed by atoms with Gasteiger partial charge in [0.25, 0.3) is 5.56 Å². The van der Waals surface area contributed by atoms with E-state index < -0.39 is 5.54 Å². The fraction of sp³-hybridized carbons (Fsp3) is 0.389. The third kappa shape index (κ3) is 3.72. The highest BCUT2D eigenvalue weighted by atomic mass is 32.1. The fourth-order valence-corrected chi connectivity index (χ4v) is 4.40. The standard InChI is InChI=1S/C18H22N4O2S2/c1-3-18(19,4-2)10-20-14(23)8-22-11-21-16-15(17(22)24)12(9-26-16)13-6-5-7-25-13/h5-7,9,11H,3-4,8,10,19H2,1-2H3,(H,20,23). The summed E-state index contributed by atoms with van der Waals surface area (Å²) in [7, 11) is 0. The number of amides is 1. The van der Waals surface area contributed by atoms with Gasteiger partial charge in [-0.3, -0.25) is 14.2 Å². The van der Waals surface area contributed by atoms with Gasteiger partial charge in [0.05, 0.1) is 11.7 Å². The summed E-state index contributed by atoms with van der Waals surface area (Å²) in [6.07, 6.45) is 2.99. The van der Waals surface area contributed by atoms with Crippen molar-refractivity contribution in [2.24, 2.45) is 5.73 Å². The van der Waals surface area contributed by atoms with Crippen molar-refractivity contribution in [3.8, 4) is 10.4 Å². The Kier molecular flexibility index (Phi) is 5.55. The van der Waals surface area contributed by atoms with Crippen molar-refractivity contribution < 1.29 is 4.79 Å². The average Bonchev–Trinajstić information content (AvgIpc) is 3.31. The first-order valence-corrected chi connectivity index (χ1v) is 10.3. The number of rotatable bonds is 7. The molecule has 3 aromatic rings. The van der Waals surface area contributed by atoms with E-state index in [1.807, 2.05) is 36.7 Å². The molecule has 3 N–H and O–H groups in total. The minimum absolute atomic E-state index is 0.0645. The number of hydrogen-bond acceptors (Lipinski definition) is 6. The van der Waals surface area contributed by atoms with Crippen molar-refractivity contribution in [1.29, 1.82) is 0 Å². The monoisotopic (exact) mass is 390 g/mol. The van der Waals surface area contributed by atoms with Crippen LogP contribution in [0.2, 0.25) is 0 Å². The molecule has 0 atom stereocenters. The Morgan fingerprint density at radius 1 is 1.35 bits per heavy atom. The molecule has 0 radical (unpaired) electrons. The molecular weight excluding hydrogens is 368 g/mol. The van der Waals surface area contributed by atoms with Crippen LogP contribution in [0.15, 0.2) is 34.0 Å². The summed E-state index contributed by atoms with van der Waals surface area (Å²) in [5.41, 5.74) is 6.48. The lowest BCUT2D eigenvalue weighted by atomic mass is 9.94. The van der Waals surface area contributed by atoms with E-state index in [9.17, 15) is 9.59 Å². The summed E-state index contributed by atoms with van der Waals surface area (Å²) in [4.78, 5) is 31.2. The normalized spacial score (nSPS) is 11.8. The molecule has 0 saturated carbocycles. The van der Waals surface area contributed by atoms with Crippen molar-refractivity contribution in [2.45, 2.75) is 38.8 Å². The number of fused-ring (bicyclic) bond motifs is 1. The van der Waals surface area contributed by atoms with E-state index in [1.165, 1.54) is 22.2 Å². The van der Waals surface area contributed by atoms with E-state index in [0.717, 1.165) is 23.3 Å². The molecule has 0 fully saturated rings. The molecule has 0 saturated heterocycles. The Balaban J connectivity index is 1.83. The topological polar surface area (TPSA) is 90.0 Å². The average molecular weight is 391 g/mol. The SMILES string of the molecule is CCC(N)(CC)CNC(=O)Cn1cnc2scc(-c3cccs3)c2c1=O. The van der Waals surface area contributed by atoms with Gasteiger partial charge in [-0.25, -0.2) is 4.98 Å². The Labute approximate surface area is 159 Å². The summed E-state index contributed by atoms with van der Waals surface area (Å²) in [5, 5.41) is 7.33. The van der Waals surface area contributed by atoms with Gasteiger partial charge in [-0.15, -0.1) is 22.7 Å². The first-order valence-electron chi connectivity index (χ1n) is 8.53. The van der Waals surface area contributed by atoms with Crippen molar-refractivity contribution in [1.82, 2.24) is 14.9 Å². The van der Waals surface area contributed by atoms with Crippen LogP contribution < -0.4 is 16.6 Å². The molecule has 138 valence electrons. The predicted molar refractivity (Wildman–Crippen MR) is 108 cm³/mol. The summed E-state index contributed by atoms with van der Waals surface area (Å²) in [6, 6.07) is 3.93. The Morgan fingerprint density at radius 3 is 2.77 bits per heavy atom. The molecule has 0 aliphatic heterocycles. The molecule has 0 aliphatic rings. The highest BCUT2D eigenvalue weighted by molar-refractivity contribution is 7.18. The molecule has 3 heterocycles. The lowest BCUT2D eigenvalue weighted by Gasteiger charge is -2.26. The first-order chi connectivity index (χ1) is 12.5. The van der Waals surface area contributed by atoms with E-state index in [2.05, 4.69) is 10.3 Å². The van der Waals surface area contributed by atoms with Crippen LogP contribution in [0.4, 0.5) is 0 Å². The highest BCUT2D eigenvalue weighted by Crippen LogP contribution is 2.33. The zero-order valence-corrected chi connectivity index (χ0v) is 16.5. The van der Waals surface area contributed by atoms with Gasteiger partial charge in [0.1, 0.15) is 11.4 Å². The Bertz CT molecular complexity index is 955. The van der Waals surface area contributed by atoms with E-state index in [-0.39, 0.29) is 18.0 Å². The van der Waals surface area contributed by atoms with E-state index in [0.29, 0.717) is 16.8 Å². The summed E-state index contributed by atoms with van der Waals surface area (Å²) < 4.78 is 1.36. The second-order valence-corrected chi connectivity index (χ2v) is 8.14. The maximum atomic E-state index is 12.9. The van der Waals surface area contributed by atoms with Gasteiger partial charge in [0.15, 0.2) is 0 Å². The maximum Gasteiger partial charge on any atom is 0.263 e. The number of nitrogens with two attached hydrogens (primary N) is 1. The van der Waals surface area contributed by atoms with Crippen LogP contribution in [-0.4, -0.2) is 27.5 Å². The zero-order chi connectivity index (χ0) is 18.7. The van der Waals surface area contributed by atoms with Gasteiger partial charge in [-0.1, -0.05) is 19.9 Å². The number of thiophene rings is 2. The van der Waals surface area contributed by atoms with Gasteiger partial charge in [0.2, 0.25) is 5.91 Å². The molecule has 8 heteroatoms. The largest absolute Gasteiger partial charge is 0.353 e. The lowest BCUT2D eigenvalue weighted by Crippen LogP contribution is -2.50. The third-order valence-corrected chi connectivity index (χ3v) is 6.50. The van der Waals surface area contributed by atoms with Crippen LogP contribution in [0.1, 0.15) is 26.7 Å². The van der Waals surface area contributed by atoms with Gasteiger partial charge in [0, 0.05) is 27.9 Å². The molecule has 26 heavy (non-hydrogen) atoms. The number of nitrogens with zero attached hydrogens (tertiary/aromatic N) is 2. The van der Waals surface area contributed by atoms with E-state index in [1.54, 1.807) is 11.3 Å². The van der Waals surface area contributed by atoms with Crippen LogP contribution in [0.5, 0.6) is 0 Å². The zero-order valence-electron chi connectivity index (χ0n) is 14.8. The van der Waals surface area contributed by atoms with Gasteiger partial charge in [-0.2, -0.15) is 0 Å². The molecule has 0 bridgehead atoms. The van der Waals surface area contributed by atoms with Crippen LogP contribution in [0.3, 0.4) is 0 Å². The highest BCUT2D eigenvalue weighted by Gasteiger charge is 2.21. The van der Waals surface area contributed by atoms with Crippen molar-refractivity contribution >= 4 is 38.8 Å². The summed E-state index contributed by atoms with van der Waals surface area (Å²) >= 11 is 3.02. The smallest absolute Gasteiger partial charge is 0.263 e. The lowest BCUT2D eigenvalue weighted by molar-refractivity contribution is -0.122. The minimum Gasteiger partial charge on any atom is -0.353 e. The fourth-order valence-electron chi connectivity index (χ4n) is 2.68. The number of nitrogens with one attached hydrogen (secondary N) is 1. The van der Waals surface area contributed by atoms with Crippen molar-refractivity contribution in [3.63, 3.8) is 0 Å². The minimum atomic E-state index is -0.414. The summed E-state index contributed by atoms with van der Waals surface area (Å²) in [5.74, 6) is -0.238. The van der Waals surface area contributed by atoms with Gasteiger partial charge < -0.3 is 11.1 Å². The predicted octanol–water partition coefficient (Wildman–Crippen LogP) is 2.82. The quantitative estimate of drug-likeness (QED) is 0.649. The van der Waals surface area contributed by atoms with Crippen LogP contribution in [0.25, 0.3) is 20.7 Å². The molecule has 0 aromatic carbocycles. The van der Waals surface area contributed by atoms with Crippen LogP contribution >= 0.6 is 22.7 Å². The number of aromatic nitrogens is 2. The maximum absolute atomic E-state index is 12.9. The number of hydrogen-bond donors (Lipinski definition) is 2. The number of carbonyl (C=O) groups is 1. The van der Waals surface area contributed by atoms with Crippen LogP contribution in [0, 0.1) is 0 Å². The van der Waals surface area contributed by atoms with E-state index in [4.69, 9.17) is 5.73 Å². The molecule has 6 nitrogen and oxygen atoms in total. The first kappa shape index (κ1) is 18.8. The van der Waals surface area contributed by atoms with Gasteiger partial charge >= 0.3 is 0 Å². The molecule has 0 unspecified atom stereocenters. The summed E-state index contributed by atoms with van der Waals surface area (Å²) in [6.45, 7) is 4.33. The Hall–Kier alpha value is -2.03. The second-order valence-electron chi connectivity index (χ2n) is 6.33. The van der Waals surface area contributed by atoms with E-state index >= 15 is 0 Å². The molecule has 3 aromatic heterocycles. The van der Waals surface area contributed by atoms with Crippen molar-refractivity contribution in [2.75, 3.05) is 6.54 Å². The van der Waals surface area contributed by atoms with Crippen molar-refractivity contribution in [3.05, 3.63) is 39.6 Å². The molecular formula is C18H22N4O2S2. The molecule has 3 rings (SSSR count). The second kappa shape index (κ2) is 7.69. The molecule has 0 spiro atoms. The van der Waals surface area contributed by atoms with Gasteiger partial charge in [-0.05, 0) is 24.3 Å². The Morgan fingerprint density at radius 2 is 2.12 bits per heavy atom. The van der Waals surface area contributed by atoms with Crippen LogP contribution in [-0.2, 0) is 11.3 Å². The molecule has 1 amide bonds.